The van der Waals surface area contributed by atoms with E-state index < -0.39 is 10.8 Å². The first-order valence-corrected chi connectivity index (χ1v) is 9.01. The van der Waals surface area contributed by atoms with E-state index in [2.05, 4.69) is 30.4 Å². The zero-order valence-electron chi connectivity index (χ0n) is 12.6. The maximum atomic E-state index is 11.1. The van der Waals surface area contributed by atoms with Crippen LogP contribution < -0.4 is 10.1 Å². The lowest BCUT2D eigenvalue weighted by Gasteiger charge is -2.38. The van der Waals surface area contributed by atoms with Crippen LogP contribution in [0.25, 0.3) is 0 Å². The Morgan fingerprint density at radius 3 is 2.85 bits per heavy atom. The van der Waals surface area contributed by atoms with Gasteiger partial charge in [-0.3, -0.25) is 4.21 Å². The van der Waals surface area contributed by atoms with Crippen molar-refractivity contribution in [2.75, 3.05) is 19.1 Å². The third kappa shape index (κ3) is 4.32. The molecule has 2 rings (SSSR count). The van der Waals surface area contributed by atoms with Gasteiger partial charge in [0.25, 0.3) is 0 Å². The Morgan fingerprint density at radius 1 is 1.45 bits per heavy atom. The largest absolute Gasteiger partial charge is 0.497 e. The molecule has 112 valence electrons. The second-order valence-corrected chi connectivity index (χ2v) is 7.33. The van der Waals surface area contributed by atoms with E-state index >= 15 is 0 Å². The second-order valence-electron chi connectivity index (χ2n) is 5.78. The van der Waals surface area contributed by atoms with E-state index in [1.54, 1.807) is 13.4 Å². The fourth-order valence-electron chi connectivity index (χ4n) is 2.75. The Labute approximate surface area is 124 Å². The maximum absolute atomic E-state index is 11.1. The van der Waals surface area contributed by atoms with Gasteiger partial charge in [-0.15, -0.1) is 0 Å². The monoisotopic (exact) mass is 295 g/mol. The van der Waals surface area contributed by atoms with Crippen molar-refractivity contribution in [3.05, 3.63) is 29.8 Å². The van der Waals surface area contributed by atoms with Crippen LogP contribution in [-0.4, -0.2) is 35.4 Å². The van der Waals surface area contributed by atoms with Gasteiger partial charge in [0.1, 0.15) is 5.75 Å². The van der Waals surface area contributed by atoms with Gasteiger partial charge in [-0.05, 0) is 49.8 Å². The third-order valence-corrected chi connectivity index (χ3v) is 4.87. The van der Waals surface area contributed by atoms with Crippen LogP contribution in [0.4, 0.5) is 0 Å². The van der Waals surface area contributed by atoms with Gasteiger partial charge >= 0.3 is 0 Å². The molecule has 1 aliphatic rings. The first-order valence-electron chi connectivity index (χ1n) is 7.28. The number of nitrogens with one attached hydrogen (secondary N) is 1. The summed E-state index contributed by atoms with van der Waals surface area (Å²) in [5, 5.41) is 3.63. The molecular weight excluding hydrogens is 270 g/mol. The third-order valence-electron chi connectivity index (χ3n) is 4.06. The van der Waals surface area contributed by atoms with Crippen molar-refractivity contribution in [1.82, 2.24) is 5.32 Å². The number of methoxy groups -OCH3 is 1. The van der Waals surface area contributed by atoms with E-state index in [4.69, 9.17) is 4.74 Å². The number of hydrogen-bond acceptors (Lipinski definition) is 3. The molecule has 1 aromatic carbocycles. The molecule has 0 saturated heterocycles. The molecule has 2 unspecified atom stereocenters. The molecule has 0 amide bonds. The molecule has 4 heteroatoms. The highest BCUT2D eigenvalue weighted by molar-refractivity contribution is 7.84. The molecule has 0 bridgehead atoms. The molecule has 1 aromatic rings. The number of rotatable bonds is 7. The van der Waals surface area contributed by atoms with Crippen molar-refractivity contribution < 1.29 is 8.95 Å². The molecule has 0 spiro atoms. The molecule has 0 aromatic heterocycles. The first kappa shape index (κ1) is 15.5. The van der Waals surface area contributed by atoms with Gasteiger partial charge in [-0.2, -0.15) is 0 Å². The summed E-state index contributed by atoms with van der Waals surface area (Å²) in [4.78, 5) is 0. The standard InChI is InChI=1S/C16H25NO2S/c1-12(7-8-20(3)18)17-15-9-14(10-15)13-5-4-6-16(11-13)19-2/h4-6,11-12,14-15,17H,7-10H2,1-3H3. The van der Waals surface area contributed by atoms with E-state index in [9.17, 15) is 4.21 Å². The van der Waals surface area contributed by atoms with Gasteiger partial charge in [-0.1, -0.05) is 12.1 Å². The van der Waals surface area contributed by atoms with E-state index in [-0.39, 0.29) is 0 Å². The molecule has 3 nitrogen and oxygen atoms in total. The van der Waals surface area contributed by atoms with Crippen LogP contribution in [0, 0.1) is 0 Å². The summed E-state index contributed by atoms with van der Waals surface area (Å²) in [6, 6.07) is 9.44. The first-order chi connectivity index (χ1) is 9.58. The van der Waals surface area contributed by atoms with Gasteiger partial charge in [-0.25, -0.2) is 0 Å². The van der Waals surface area contributed by atoms with E-state index in [0.717, 1.165) is 17.9 Å². The van der Waals surface area contributed by atoms with Crippen LogP contribution >= 0.6 is 0 Å². The van der Waals surface area contributed by atoms with Gasteiger partial charge in [0.05, 0.1) is 7.11 Å². The van der Waals surface area contributed by atoms with Gasteiger partial charge in [0, 0.05) is 34.9 Å². The molecule has 1 N–H and O–H groups in total. The van der Waals surface area contributed by atoms with Gasteiger partial charge in [0.2, 0.25) is 0 Å². The van der Waals surface area contributed by atoms with Gasteiger partial charge in [0.15, 0.2) is 0 Å². The molecule has 0 heterocycles. The van der Waals surface area contributed by atoms with Crippen molar-refractivity contribution in [2.45, 2.75) is 44.2 Å². The van der Waals surface area contributed by atoms with E-state index in [1.165, 1.54) is 18.4 Å². The molecule has 1 saturated carbocycles. The normalized spacial score (nSPS) is 24.8. The summed E-state index contributed by atoms with van der Waals surface area (Å²) in [5.74, 6) is 2.38. The molecule has 0 aliphatic heterocycles. The highest BCUT2D eigenvalue weighted by Gasteiger charge is 2.30. The Kier molecular flexibility index (Phi) is 5.61. The fraction of sp³-hybridized carbons (Fsp3) is 0.625. The highest BCUT2D eigenvalue weighted by Crippen LogP contribution is 2.38. The molecular formula is C16H25NO2S. The van der Waals surface area contributed by atoms with E-state index in [1.807, 2.05) is 6.07 Å². The predicted octanol–water partition coefficient (Wildman–Crippen LogP) is 2.69. The Balaban J connectivity index is 1.75. The quantitative estimate of drug-likeness (QED) is 0.840. The minimum absolute atomic E-state index is 0.454. The van der Waals surface area contributed by atoms with Crippen LogP contribution in [0.5, 0.6) is 5.75 Å². The summed E-state index contributed by atoms with van der Waals surface area (Å²) >= 11 is 0. The van der Waals surface area contributed by atoms with Crippen molar-refractivity contribution >= 4 is 10.8 Å². The van der Waals surface area contributed by atoms with Crippen LogP contribution in [0.2, 0.25) is 0 Å². The molecule has 1 aliphatic carbocycles. The van der Waals surface area contributed by atoms with Gasteiger partial charge < -0.3 is 10.1 Å². The van der Waals surface area contributed by atoms with Crippen LogP contribution in [0.1, 0.15) is 37.7 Å². The van der Waals surface area contributed by atoms with Crippen LogP contribution in [0.3, 0.4) is 0 Å². The Morgan fingerprint density at radius 2 is 2.20 bits per heavy atom. The number of hydrogen-bond donors (Lipinski definition) is 1. The summed E-state index contributed by atoms with van der Waals surface area (Å²) < 4.78 is 16.4. The summed E-state index contributed by atoms with van der Waals surface area (Å²) in [6.07, 6.45) is 5.14. The topological polar surface area (TPSA) is 38.3 Å². The van der Waals surface area contributed by atoms with Crippen molar-refractivity contribution in [3.8, 4) is 5.75 Å². The fourth-order valence-corrected chi connectivity index (χ4v) is 3.44. The number of ether oxygens (including phenoxy) is 1. The SMILES string of the molecule is COc1cccc(C2CC(NC(C)CCS(C)=O)C2)c1. The predicted molar refractivity (Wildman–Crippen MR) is 84.9 cm³/mol. The lowest BCUT2D eigenvalue weighted by Crippen LogP contribution is -2.44. The smallest absolute Gasteiger partial charge is 0.119 e. The summed E-state index contributed by atoms with van der Waals surface area (Å²) in [5.41, 5.74) is 1.38. The minimum atomic E-state index is -0.679. The van der Waals surface area contributed by atoms with E-state index in [0.29, 0.717) is 18.0 Å². The number of benzene rings is 1. The second kappa shape index (κ2) is 7.23. The average molecular weight is 295 g/mol. The zero-order chi connectivity index (χ0) is 14.5. The summed E-state index contributed by atoms with van der Waals surface area (Å²) in [7, 11) is 1.03. The van der Waals surface area contributed by atoms with Crippen molar-refractivity contribution in [2.24, 2.45) is 0 Å². The lowest BCUT2D eigenvalue weighted by molar-refractivity contribution is 0.267. The average Bonchev–Trinajstić information content (AvgIpc) is 2.40. The highest BCUT2D eigenvalue weighted by atomic mass is 32.2. The Bertz CT molecular complexity index is 458. The molecule has 2 atom stereocenters. The van der Waals surface area contributed by atoms with Crippen molar-refractivity contribution in [3.63, 3.8) is 0 Å². The summed E-state index contributed by atoms with van der Waals surface area (Å²) in [6.45, 7) is 2.19. The van der Waals surface area contributed by atoms with Crippen LogP contribution in [-0.2, 0) is 10.8 Å². The molecule has 20 heavy (non-hydrogen) atoms. The maximum Gasteiger partial charge on any atom is 0.119 e. The minimum Gasteiger partial charge on any atom is -0.497 e. The van der Waals surface area contributed by atoms with Crippen molar-refractivity contribution in [1.29, 1.82) is 0 Å². The Hall–Kier alpha value is -0.870. The van der Waals surface area contributed by atoms with Crippen LogP contribution in [0.15, 0.2) is 24.3 Å². The zero-order valence-corrected chi connectivity index (χ0v) is 13.4. The molecule has 1 fully saturated rings. The molecule has 0 radical (unpaired) electrons. The lowest BCUT2D eigenvalue weighted by atomic mass is 9.75.